The van der Waals surface area contributed by atoms with E-state index in [0.717, 1.165) is 17.5 Å². The Labute approximate surface area is 142 Å². The first-order chi connectivity index (χ1) is 11.6. The number of amides is 2. The maximum absolute atomic E-state index is 12.2. The molecule has 0 fully saturated rings. The highest BCUT2D eigenvalue weighted by molar-refractivity contribution is 5.94. The Kier molecular flexibility index (Phi) is 6.51. The number of carbonyl (C=O) groups excluding carboxylic acids is 2. The van der Waals surface area contributed by atoms with Gasteiger partial charge in [-0.25, -0.2) is 0 Å². The van der Waals surface area contributed by atoms with Crippen molar-refractivity contribution in [2.45, 2.75) is 25.3 Å². The number of carbonyl (C=O) groups is 2. The molecule has 24 heavy (non-hydrogen) atoms. The molecular weight excluding hydrogens is 302 g/mol. The summed E-state index contributed by atoms with van der Waals surface area (Å²) in [7, 11) is 1.60. The molecule has 0 aliphatic heterocycles. The van der Waals surface area contributed by atoms with Gasteiger partial charge in [0.25, 0.3) is 0 Å². The van der Waals surface area contributed by atoms with E-state index in [9.17, 15) is 9.59 Å². The second kappa shape index (κ2) is 8.84. The zero-order chi connectivity index (χ0) is 17.4. The predicted molar refractivity (Wildman–Crippen MR) is 95.6 cm³/mol. The first-order valence-electron chi connectivity index (χ1n) is 7.98. The van der Waals surface area contributed by atoms with E-state index in [2.05, 4.69) is 10.6 Å². The van der Waals surface area contributed by atoms with Crippen LogP contribution in [-0.4, -0.2) is 24.9 Å². The van der Waals surface area contributed by atoms with Gasteiger partial charge in [0.05, 0.1) is 12.5 Å². The van der Waals surface area contributed by atoms with Gasteiger partial charge in [-0.2, -0.15) is 0 Å². The van der Waals surface area contributed by atoms with Crippen molar-refractivity contribution in [3.63, 3.8) is 0 Å². The molecule has 2 rings (SSSR count). The van der Waals surface area contributed by atoms with Crippen molar-refractivity contribution in [1.29, 1.82) is 0 Å². The van der Waals surface area contributed by atoms with E-state index in [-0.39, 0.29) is 18.2 Å². The molecule has 0 saturated heterocycles. The van der Waals surface area contributed by atoms with Gasteiger partial charge in [0.2, 0.25) is 11.8 Å². The fourth-order valence-corrected chi connectivity index (χ4v) is 2.37. The number of hydrogen-bond acceptors (Lipinski definition) is 3. The summed E-state index contributed by atoms with van der Waals surface area (Å²) in [5, 5.41) is 5.39. The smallest absolute Gasteiger partial charge is 0.241 e. The number of likely N-dealkylation sites (N-methyl/N-ethyl adjacent to an activating group) is 1. The Morgan fingerprint density at radius 1 is 1.04 bits per heavy atom. The lowest BCUT2D eigenvalue weighted by Crippen LogP contribution is -2.36. The van der Waals surface area contributed by atoms with E-state index < -0.39 is 6.04 Å². The molecule has 0 unspecified atom stereocenters. The van der Waals surface area contributed by atoms with Crippen molar-refractivity contribution in [2.75, 3.05) is 12.4 Å². The lowest BCUT2D eigenvalue weighted by Gasteiger charge is -2.13. The third-order valence-electron chi connectivity index (χ3n) is 3.76. The Hall–Kier alpha value is -2.66. The Morgan fingerprint density at radius 3 is 2.46 bits per heavy atom. The monoisotopic (exact) mass is 325 g/mol. The van der Waals surface area contributed by atoms with Gasteiger partial charge in [0, 0.05) is 12.7 Å². The number of benzene rings is 2. The van der Waals surface area contributed by atoms with Gasteiger partial charge in [-0.05, 0) is 36.1 Å². The summed E-state index contributed by atoms with van der Waals surface area (Å²) < 4.78 is 0. The zero-order valence-corrected chi connectivity index (χ0v) is 13.8. The molecule has 0 heterocycles. The summed E-state index contributed by atoms with van der Waals surface area (Å²) in [6.45, 7) is 0. The third kappa shape index (κ3) is 5.52. The van der Waals surface area contributed by atoms with E-state index >= 15 is 0 Å². The summed E-state index contributed by atoms with van der Waals surface area (Å²) in [6.07, 6.45) is 1.61. The molecule has 2 aromatic rings. The molecule has 0 aliphatic rings. The van der Waals surface area contributed by atoms with Crippen molar-refractivity contribution < 1.29 is 9.59 Å². The number of rotatable bonds is 7. The van der Waals surface area contributed by atoms with Crippen molar-refractivity contribution in [3.05, 3.63) is 65.7 Å². The first-order valence-corrected chi connectivity index (χ1v) is 7.98. The van der Waals surface area contributed by atoms with Crippen LogP contribution in [0.3, 0.4) is 0 Å². The maximum atomic E-state index is 12.2. The number of hydrogen-bond donors (Lipinski definition) is 3. The van der Waals surface area contributed by atoms with Crippen LogP contribution in [0.25, 0.3) is 0 Å². The largest absolute Gasteiger partial charge is 0.359 e. The van der Waals surface area contributed by atoms with E-state index in [1.54, 1.807) is 19.2 Å². The minimum Gasteiger partial charge on any atom is -0.359 e. The van der Waals surface area contributed by atoms with Gasteiger partial charge >= 0.3 is 0 Å². The second-order valence-electron chi connectivity index (χ2n) is 5.67. The van der Waals surface area contributed by atoms with Crippen LogP contribution in [0.2, 0.25) is 0 Å². The first kappa shape index (κ1) is 17.7. The van der Waals surface area contributed by atoms with E-state index in [4.69, 9.17) is 5.73 Å². The number of anilines is 1. The highest BCUT2D eigenvalue weighted by Crippen LogP contribution is 2.12. The Morgan fingerprint density at radius 2 is 1.75 bits per heavy atom. The molecule has 0 spiro atoms. The standard InChI is InChI=1S/C19H23N3O2/c1-21-18(23)13-15-8-5-9-16(12-15)22-19(24)17(20)11-10-14-6-3-2-4-7-14/h2-9,12,17H,10-11,13,20H2,1H3,(H,21,23)(H,22,24)/t17-/m1/s1. The maximum Gasteiger partial charge on any atom is 0.241 e. The lowest BCUT2D eigenvalue weighted by molar-refractivity contribution is -0.120. The molecule has 0 radical (unpaired) electrons. The molecule has 5 nitrogen and oxygen atoms in total. The number of nitrogens with one attached hydrogen (secondary N) is 2. The van der Waals surface area contributed by atoms with E-state index in [0.29, 0.717) is 12.1 Å². The quantitative estimate of drug-likeness (QED) is 0.726. The van der Waals surface area contributed by atoms with Gasteiger partial charge in [0.1, 0.15) is 0 Å². The van der Waals surface area contributed by atoms with Crippen LogP contribution in [0.15, 0.2) is 54.6 Å². The van der Waals surface area contributed by atoms with Gasteiger partial charge in [-0.15, -0.1) is 0 Å². The Balaban J connectivity index is 1.89. The zero-order valence-electron chi connectivity index (χ0n) is 13.8. The molecule has 5 heteroatoms. The van der Waals surface area contributed by atoms with Gasteiger partial charge in [0.15, 0.2) is 0 Å². The molecule has 1 atom stereocenters. The minimum absolute atomic E-state index is 0.0713. The van der Waals surface area contributed by atoms with Crippen LogP contribution in [0.4, 0.5) is 5.69 Å². The molecular formula is C19H23N3O2. The van der Waals surface area contributed by atoms with Crippen molar-refractivity contribution in [1.82, 2.24) is 5.32 Å². The van der Waals surface area contributed by atoms with Crippen LogP contribution in [0.5, 0.6) is 0 Å². The van der Waals surface area contributed by atoms with E-state index in [1.807, 2.05) is 42.5 Å². The summed E-state index contributed by atoms with van der Waals surface area (Å²) in [6, 6.07) is 16.6. The van der Waals surface area contributed by atoms with Crippen molar-refractivity contribution in [3.8, 4) is 0 Å². The van der Waals surface area contributed by atoms with Crippen LogP contribution in [0.1, 0.15) is 17.5 Å². The second-order valence-corrected chi connectivity index (χ2v) is 5.67. The minimum atomic E-state index is -0.576. The topological polar surface area (TPSA) is 84.2 Å². The van der Waals surface area contributed by atoms with Crippen LogP contribution in [0, 0.1) is 0 Å². The van der Waals surface area contributed by atoms with Crippen LogP contribution < -0.4 is 16.4 Å². The Bertz CT molecular complexity index is 686. The lowest BCUT2D eigenvalue weighted by atomic mass is 10.1. The SMILES string of the molecule is CNC(=O)Cc1cccc(NC(=O)[C@H](N)CCc2ccccc2)c1. The average molecular weight is 325 g/mol. The van der Waals surface area contributed by atoms with Gasteiger partial charge in [-0.1, -0.05) is 42.5 Å². The molecule has 0 bridgehead atoms. The number of aryl methyl sites for hydroxylation is 1. The fourth-order valence-electron chi connectivity index (χ4n) is 2.37. The molecule has 2 amide bonds. The average Bonchev–Trinajstić information content (AvgIpc) is 2.60. The van der Waals surface area contributed by atoms with Crippen molar-refractivity contribution >= 4 is 17.5 Å². The summed E-state index contributed by atoms with van der Waals surface area (Å²) in [5.41, 5.74) is 8.63. The normalized spacial score (nSPS) is 11.6. The van der Waals surface area contributed by atoms with E-state index in [1.165, 1.54) is 0 Å². The molecule has 0 saturated carbocycles. The van der Waals surface area contributed by atoms with Gasteiger partial charge in [-0.3, -0.25) is 9.59 Å². The fraction of sp³-hybridized carbons (Fsp3) is 0.263. The van der Waals surface area contributed by atoms with Gasteiger partial charge < -0.3 is 16.4 Å². The summed E-state index contributed by atoms with van der Waals surface area (Å²) in [5.74, 6) is -0.291. The molecule has 4 N–H and O–H groups in total. The van der Waals surface area contributed by atoms with Crippen molar-refractivity contribution in [2.24, 2.45) is 5.73 Å². The number of nitrogens with two attached hydrogens (primary N) is 1. The highest BCUT2D eigenvalue weighted by atomic mass is 16.2. The van der Waals surface area contributed by atoms with Crippen LogP contribution >= 0.6 is 0 Å². The highest BCUT2D eigenvalue weighted by Gasteiger charge is 2.14. The molecule has 0 aromatic heterocycles. The van der Waals surface area contributed by atoms with Crippen LogP contribution in [-0.2, 0) is 22.4 Å². The molecule has 0 aliphatic carbocycles. The summed E-state index contributed by atoms with van der Waals surface area (Å²) >= 11 is 0. The third-order valence-corrected chi connectivity index (χ3v) is 3.76. The summed E-state index contributed by atoms with van der Waals surface area (Å²) in [4.78, 5) is 23.6. The molecule has 126 valence electrons. The molecule has 2 aromatic carbocycles. The predicted octanol–water partition coefficient (Wildman–Crippen LogP) is 1.87.